The third-order valence-electron chi connectivity index (χ3n) is 3.60. The molecule has 0 N–H and O–H groups in total. The molecule has 0 saturated heterocycles. The Balaban J connectivity index is 1.49. The van der Waals surface area contributed by atoms with E-state index in [0.717, 1.165) is 5.69 Å². The summed E-state index contributed by atoms with van der Waals surface area (Å²) in [4.78, 5) is 0. The first-order valence-corrected chi connectivity index (χ1v) is 7.80. The van der Waals surface area contributed by atoms with Crippen LogP contribution in [0.15, 0.2) is 72.5 Å². The minimum absolute atomic E-state index is 0.190. The highest BCUT2D eigenvalue weighted by atomic mass is 16.5. The fourth-order valence-corrected chi connectivity index (χ4v) is 2.43. The minimum Gasteiger partial charge on any atom is -0.370 e. The van der Waals surface area contributed by atoms with E-state index in [4.69, 9.17) is 4.74 Å². The summed E-state index contributed by atoms with van der Waals surface area (Å²) in [7, 11) is 0. The van der Waals surface area contributed by atoms with Crippen LogP contribution in [0.3, 0.4) is 0 Å². The van der Waals surface area contributed by atoms with Gasteiger partial charge >= 0.3 is 0 Å². The molecule has 1 aliphatic carbocycles. The second-order valence-electron chi connectivity index (χ2n) is 5.54. The van der Waals surface area contributed by atoms with E-state index in [-0.39, 0.29) is 12.5 Å². The lowest BCUT2D eigenvalue weighted by Gasteiger charge is -2.02. The molecule has 0 atom stereocenters. The molecular weight excluding hydrogens is 300 g/mol. The third kappa shape index (κ3) is 4.51. The molecule has 24 heavy (non-hydrogen) atoms. The molecule has 0 amide bonds. The maximum absolute atomic E-state index is 9.17. The topological polar surface area (TPSA) is 63.7 Å². The van der Waals surface area contributed by atoms with Crippen molar-refractivity contribution in [3.8, 4) is 6.07 Å². The van der Waals surface area contributed by atoms with E-state index in [1.165, 1.54) is 5.56 Å². The molecule has 0 radical (unpaired) electrons. The molecule has 1 aliphatic rings. The Labute approximate surface area is 141 Å². The lowest BCUT2D eigenvalue weighted by Crippen LogP contribution is -2.00. The van der Waals surface area contributed by atoms with Crippen LogP contribution in [-0.2, 0) is 17.9 Å². The van der Waals surface area contributed by atoms with E-state index >= 15 is 0 Å². The summed E-state index contributed by atoms with van der Waals surface area (Å²) in [5.74, 6) is 0.190. The molecule has 0 aliphatic heterocycles. The second kappa shape index (κ2) is 8.04. The standard InChI is InChI=1S/C19H18N4O/c20-11-18(10-16-6-4-5-7-16)14-24-15-19-13-23(22-21-19)12-17-8-2-1-3-9-17/h1-10,13,16H,12,14-15H2/b18-10+. The number of ether oxygens (including phenoxy) is 1. The van der Waals surface area contributed by atoms with Crippen LogP contribution in [0.2, 0.25) is 0 Å². The van der Waals surface area contributed by atoms with E-state index < -0.39 is 0 Å². The Morgan fingerprint density at radius 3 is 2.79 bits per heavy atom. The van der Waals surface area contributed by atoms with Crippen LogP contribution >= 0.6 is 0 Å². The van der Waals surface area contributed by atoms with Crippen LogP contribution in [0.4, 0.5) is 0 Å². The molecule has 3 rings (SSSR count). The number of hydrogen-bond donors (Lipinski definition) is 0. The van der Waals surface area contributed by atoms with Gasteiger partial charge in [0.2, 0.25) is 0 Å². The summed E-state index contributed by atoms with van der Waals surface area (Å²) in [6.07, 6.45) is 11.8. The first-order chi connectivity index (χ1) is 11.8. The first kappa shape index (κ1) is 15.9. The maximum atomic E-state index is 9.17. The predicted molar refractivity (Wildman–Crippen MR) is 90.7 cm³/mol. The van der Waals surface area contributed by atoms with Gasteiger partial charge in [-0.15, -0.1) is 5.10 Å². The number of allylic oxidation sites excluding steroid dienone is 5. The molecule has 5 nitrogen and oxygen atoms in total. The number of nitrogens with zero attached hydrogens (tertiary/aromatic N) is 4. The average Bonchev–Trinajstić information content (AvgIpc) is 3.27. The van der Waals surface area contributed by atoms with E-state index in [0.29, 0.717) is 18.7 Å². The Morgan fingerprint density at radius 2 is 2.04 bits per heavy atom. The van der Waals surface area contributed by atoms with Crippen LogP contribution in [0.25, 0.3) is 0 Å². The van der Waals surface area contributed by atoms with E-state index in [1.807, 2.05) is 66.9 Å². The molecule has 1 heterocycles. The summed E-state index contributed by atoms with van der Waals surface area (Å²) in [5, 5.41) is 17.4. The van der Waals surface area contributed by atoms with Gasteiger partial charge in [0.1, 0.15) is 5.69 Å². The molecule has 0 fully saturated rings. The number of benzene rings is 1. The zero-order valence-corrected chi connectivity index (χ0v) is 13.2. The van der Waals surface area contributed by atoms with Crippen LogP contribution in [0.1, 0.15) is 11.3 Å². The quantitative estimate of drug-likeness (QED) is 0.736. The largest absolute Gasteiger partial charge is 0.370 e. The zero-order valence-electron chi connectivity index (χ0n) is 13.2. The van der Waals surface area contributed by atoms with Gasteiger partial charge in [0.25, 0.3) is 0 Å². The molecule has 5 heteroatoms. The van der Waals surface area contributed by atoms with Crippen molar-refractivity contribution >= 4 is 0 Å². The summed E-state index contributed by atoms with van der Waals surface area (Å²) in [5.41, 5.74) is 2.54. The molecule has 0 spiro atoms. The van der Waals surface area contributed by atoms with Gasteiger partial charge in [0.15, 0.2) is 0 Å². The number of nitriles is 1. The fraction of sp³-hybridized carbons (Fsp3) is 0.211. The molecular formula is C19H18N4O. The Kier molecular flexibility index (Phi) is 5.33. The summed E-state index contributed by atoms with van der Waals surface area (Å²) in [6.45, 7) is 1.29. The molecule has 0 saturated carbocycles. The molecule has 2 aromatic rings. The van der Waals surface area contributed by atoms with Gasteiger partial charge in [0, 0.05) is 5.92 Å². The van der Waals surface area contributed by atoms with Gasteiger partial charge in [-0.3, -0.25) is 0 Å². The molecule has 0 bridgehead atoms. The lowest BCUT2D eigenvalue weighted by atomic mass is 10.1. The van der Waals surface area contributed by atoms with Gasteiger partial charge in [-0.05, 0) is 5.56 Å². The Hall–Kier alpha value is -2.97. The Bertz CT molecular complexity index is 784. The maximum Gasteiger partial charge on any atom is 0.108 e. The molecule has 1 aromatic heterocycles. The van der Waals surface area contributed by atoms with Crippen molar-refractivity contribution in [1.29, 1.82) is 5.26 Å². The van der Waals surface area contributed by atoms with E-state index in [9.17, 15) is 5.26 Å². The van der Waals surface area contributed by atoms with Crippen molar-refractivity contribution in [3.63, 3.8) is 0 Å². The number of rotatable bonds is 7. The fourth-order valence-electron chi connectivity index (χ4n) is 2.43. The van der Waals surface area contributed by atoms with Crippen LogP contribution in [-0.4, -0.2) is 21.6 Å². The van der Waals surface area contributed by atoms with Gasteiger partial charge in [-0.1, -0.05) is 65.9 Å². The van der Waals surface area contributed by atoms with E-state index in [1.54, 1.807) is 4.68 Å². The van der Waals surface area contributed by atoms with Crippen molar-refractivity contribution in [1.82, 2.24) is 15.0 Å². The third-order valence-corrected chi connectivity index (χ3v) is 3.60. The van der Waals surface area contributed by atoms with Crippen molar-refractivity contribution in [2.75, 3.05) is 6.61 Å². The van der Waals surface area contributed by atoms with Crippen LogP contribution in [0, 0.1) is 17.2 Å². The highest BCUT2D eigenvalue weighted by molar-refractivity contribution is 5.30. The molecule has 120 valence electrons. The highest BCUT2D eigenvalue weighted by Crippen LogP contribution is 2.13. The van der Waals surface area contributed by atoms with Crippen molar-refractivity contribution < 1.29 is 4.74 Å². The monoisotopic (exact) mass is 318 g/mol. The first-order valence-electron chi connectivity index (χ1n) is 7.80. The van der Waals surface area contributed by atoms with Gasteiger partial charge in [-0.2, -0.15) is 5.26 Å². The van der Waals surface area contributed by atoms with Gasteiger partial charge < -0.3 is 4.74 Å². The minimum atomic E-state index is 0.190. The zero-order chi connectivity index (χ0) is 16.6. The Morgan fingerprint density at radius 1 is 1.25 bits per heavy atom. The SMILES string of the molecule is N#C/C(=C\C1C=CC=C1)COCc1cn(Cc2ccccc2)nn1. The molecule has 1 aromatic carbocycles. The smallest absolute Gasteiger partial charge is 0.108 e. The number of aromatic nitrogens is 3. The van der Waals surface area contributed by atoms with E-state index in [2.05, 4.69) is 16.4 Å². The van der Waals surface area contributed by atoms with Crippen molar-refractivity contribution in [3.05, 3.63) is 83.7 Å². The predicted octanol–water partition coefficient (Wildman–Crippen LogP) is 3.04. The van der Waals surface area contributed by atoms with Gasteiger partial charge in [-0.25, -0.2) is 4.68 Å². The van der Waals surface area contributed by atoms with Crippen molar-refractivity contribution in [2.45, 2.75) is 13.2 Å². The van der Waals surface area contributed by atoms with Crippen LogP contribution < -0.4 is 0 Å². The normalized spacial score (nSPS) is 14.2. The number of hydrogen-bond acceptors (Lipinski definition) is 4. The summed E-state index contributed by atoms with van der Waals surface area (Å²) in [6, 6.07) is 12.3. The summed E-state index contributed by atoms with van der Waals surface area (Å²) >= 11 is 0. The van der Waals surface area contributed by atoms with Gasteiger partial charge in [0.05, 0.1) is 37.6 Å². The van der Waals surface area contributed by atoms with Crippen molar-refractivity contribution in [2.24, 2.45) is 5.92 Å². The highest BCUT2D eigenvalue weighted by Gasteiger charge is 2.05. The van der Waals surface area contributed by atoms with Crippen LogP contribution in [0.5, 0.6) is 0 Å². The second-order valence-corrected chi connectivity index (χ2v) is 5.54. The summed E-state index contributed by atoms with van der Waals surface area (Å²) < 4.78 is 7.37. The lowest BCUT2D eigenvalue weighted by molar-refractivity contribution is 0.141. The average molecular weight is 318 g/mol. The molecule has 0 unspecified atom stereocenters.